The van der Waals surface area contributed by atoms with Crippen molar-refractivity contribution in [2.45, 2.75) is 98.2 Å². The average molecular weight is 524 g/mol. The number of esters is 1. The summed E-state index contributed by atoms with van der Waals surface area (Å²) in [5.74, 6) is -4.16. The monoisotopic (exact) mass is 523 g/mol. The van der Waals surface area contributed by atoms with Crippen LogP contribution in [0.2, 0.25) is 0 Å². The molecule has 204 valence electrons. The quantitative estimate of drug-likeness (QED) is 0.159. The number of carbonyl (C=O) groups is 1. The largest absolute Gasteiger partial charge is 0.451 e. The lowest BCUT2D eigenvalue weighted by atomic mass is 9.52. The maximum absolute atomic E-state index is 13.2. The summed E-state index contributed by atoms with van der Waals surface area (Å²) >= 11 is 0. The molecule has 12 atom stereocenters. The summed E-state index contributed by atoms with van der Waals surface area (Å²) in [4.78, 5) is 15.9. The first-order valence-electron chi connectivity index (χ1n) is 12.6. The molecule has 4 heterocycles. The molecule has 0 unspecified atom stereocenters. The molecule has 4 saturated carbocycles. The van der Waals surface area contributed by atoms with Crippen molar-refractivity contribution in [3.05, 3.63) is 24.0 Å². The molecule has 0 amide bonds. The molecular formula is C25H33NO11. The van der Waals surface area contributed by atoms with E-state index in [0.29, 0.717) is 0 Å². The smallest absolute Gasteiger partial charge is 0.355 e. The van der Waals surface area contributed by atoms with Crippen molar-refractivity contribution in [3.63, 3.8) is 0 Å². The van der Waals surface area contributed by atoms with E-state index in [-0.39, 0.29) is 12.1 Å². The van der Waals surface area contributed by atoms with Crippen molar-refractivity contribution in [2.24, 2.45) is 16.7 Å². The highest BCUT2D eigenvalue weighted by Crippen LogP contribution is 2.91. The lowest BCUT2D eigenvalue weighted by Gasteiger charge is -2.59. The van der Waals surface area contributed by atoms with Gasteiger partial charge in [0.05, 0.1) is 18.1 Å². The fourth-order valence-corrected chi connectivity index (χ4v) is 9.97. The van der Waals surface area contributed by atoms with E-state index in [9.17, 15) is 40.5 Å². The van der Waals surface area contributed by atoms with Gasteiger partial charge in [-0.1, -0.05) is 20.8 Å². The Balaban J connectivity index is 1.55. The topological polar surface area (TPSA) is 205 Å². The van der Waals surface area contributed by atoms with Crippen LogP contribution in [0.1, 0.15) is 51.0 Å². The minimum absolute atomic E-state index is 0.0223. The summed E-state index contributed by atoms with van der Waals surface area (Å²) in [6.07, 6.45) is -3.82. The third-order valence-electron chi connectivity index (χ3n) is 11.8. The second kappa shape index (κ2) is 5.93. The summed E-state index contributed by atoms with van der Waals surface area (Å²) in [5.41, 5.74) is -18.1. The Morgan fingerprint density at radius 1 is 1.22 bits per heavy atom. The Morgan fingerprint density at radius 2 is 1.89 bits per heavy atom. The minimum Gasteiger partial charge on any atom is -0.451 e. The van der Waals surface area contributed by atoms with E-state index in [4.69, 9.17) is 14.2 Å². The minimum atomic E-state index is -2.78. The number of fused-ring (bicyclic) bond motifs is 1. The molecule has 8 rings (SSSR count). The van der Waals surface area contributed by atoms with Gasteiger partial charge in [0.25, 0.3) is 0 Å². The number of epoxide rings is 1. The lowest BCUT2D eigenvalue weighted by Crippen LogP contribution is -2.77. The van der Waals surface area contributed by atoms with E-state index in [1.54, 1.807) is 19.9 Å². The number of aliphatic hydroxyl groups excluding tert-OH is 2. The molecule has 6 bridgehead atoms. The molecule has 0 aromatic carbocycles. The Hall–Kier alpha value is -1.61. The second-order valence-corrected chi connectivity index (χ2v) is 12.8. The van der Waals surface area contributed by atoms with Gasteiger partial charge in [-0.2, -0.15) is 0 Å². The third kappa shape index (κ3) is 1.73. The van der Waals surface area contributed by atoms with Crippen LogP contribution in [0.25, 0.3) is 0 Å². The van der Waals surface area contributed by atoms with E-state index in [0.717, 1.165) is 0 Å². The Kier molecular flexibility index (Phi) is 3.92. The van der Waals surface area contributed by atoms with E-state index >= 15 is 0 Å². The number of hydrogen-bond donors (Lipinski definition) is 8. The molecule has 0 radical (unpaired) electrons. The average Bonchev–Trinajstić information content (AvgIpc) is 3.15. The zero-order valence-corrected chi connectivity index (χ0v) is 20.9. The van der Waals surface area contributed by atoms with Crippen molar-refractivity contribution in [3.8, 4) is 0 Å². The van der Waals surface area contributed by atoms with Crippen molar-refractivity contribution in [1.29, 1.82) is 0 Å². The lowest BCUT2D eigenvalue weighted by molar-refractivity contribution is -0.387. The number of hydrogen-bond acceptors (Lipinski definition) is 11. The SMILES string of the molecule is CC(C)[C@@]1(O)[C@@H](OC(=O)c2ccc[nH]2)[C@@]2(O)[C@@]3(C)C[C@]4(O)O[C@@]5([C@@H](O)[C@]6(CO)O[C@@H]6C[C@]35O)[C@@]2(O)[C@]14C. The van der Waals surface area contributed by atoms with Crippen LogP contribution in [0.3, 0.4) is 0 Å². The number of aromatic amines is 1. The molecule has 1 aromatic rings. The molecule has 3 saturated heterocycles. The summed E-state index contributed by atoms with van der Waals surface area (Å²) in [6.45, 7) is 5.23. The van der Waals surface area contributed by atoms with Crippen LogP contribution in [-0.2, 0) is 14.2 Å². The van der Waals surface area contributed by atoms with Crippen LogP contribution >= 0.6 is 0 Å². The van der Waals surface area contributed by atoms with Crippen molar-refractivity contribution >= 4 is 5.97 Å². The molecule has 7 aliphatic rings. The van der Waals surface area contributed by atoms with Crippen LogP contribution in [0.5, 0.6) is 0 Å². The molecular weight excluding hydrogens is 490 g/mol. The molecule has 1 spiro atoms. The van der Waals surface area contributed by atoms with E-state index in [1.165, 1.54) is 26.1 Å². The van der Waals surface area contributed by atoms with Gasteiger partial charge in [0.1, 0.15) is 39.8 Å². The van der Waals surface area contributed by atoms with Gasteiger partial charge in [-0.3, -0.25) is 0 Å². The van der Waals surface area contributed by atoms with Crippen LogP contribution in [0.4, 0.5) is 0 Å². The first-order chi connectivity index (χ1) is 17.0. The van der Waals surface area contributed by atoms with Crippen molar-refractivity contribution in [1.82, 2.24) is 4.98 Å². The van der Waals surface area contributed by atoms with Crippen molar-refractivity contribution < 1.29 is 54.8 Å². The molecule has 7 fully saturated rings. The van der Waals surface area contributed by atoms with Gasteiger partial charge in [-0.05, 0) is 25.0 Å². The number of H-pyrrole nitrogens is 1. The van der Waals surface area contributed by atoms with Gasteiger partial charge in [0.15, 0.2) is 17.5 Å². The molecule has 3 aliphatic heterocycles. The third-order valence-corrected chi connectivity index (χ3v) is 11.8. The second-order valence-electron chi connectivity index (χ2n) is 12.8. The van der Waals surface area contributed by atoms with Gasteiger partial charge in [0.2, 0.25) is 0 Å². The van der Waals surface area contributed by atoms with Gasteiger partial charge in [-0.15, -0.1) is 0 Å². The number of rotatable bonds is 4. The molecule has 1 aromatic heterocycles. The highest BCUT2D eigenvalue weighted by atomic mass is 16.7. The summed E-state index contributed by atoms with van der Waals surface area (Å²) in [5, 5.41) is 84.7. The fraction of sp³-hybridized carbons (Fsp3) is 0.800. The van der Waals surface area contributed by atoms with E-state index in [2.05, 4.69) is 4.98 Å². The first kappa shape index (κ1) is 24.4. The first-order valence-corrected chi connectivity index (χ1v) is 12.6. The van der Waals surface area contributed by atoms with Gasteiger partial charge < -0.3 is 54.9 Å². The maximum atomic E-state index is 13.2. The standard InChI is InChI=1S/C25H33NO11/c1-11(2)22(32)16(35-14(28)12-6-5-7-26-12)23(33)17(3)9-21(31)18(22,4)25(23,34)24(37-21)15(29)19(10-27)13(36-19)8-20(17,24)30/h5-7,11,13,15-16,26-27,29-34H,8-10H2,1-4H3/t13-,15+,16-,17+,18+,19-,20+,21+,22-,23-,24-,25-/m1/s1. The maximum Gasteiger partial charge on any atom is 0.355 e. The molecule has 12 heteroatoms. The molecule has 37 heavy (non-hydrogen) atoms. The molecule has 4 aliphatic carbocycles. The normalized spacial score (nSPS) is 62.1. The van der Waals surface area contributed by atoms with E-state index in [1.807, 2.05) is 0 Å². The van der Waals surface area contributed by atoms with Crippen LogP contribution in [0, 0.1) is 16.7 Å². The zero-order valence-electron chi connectivity index (χ0n) is 20.9. The van der Waals surface area contributed by atoms with Crippen LogP contribution < -0.4 is 0 Å². The van der Waals surface area contributed by atoms with Crippen LogP contribution in [-0.4, -0.2) is 111 Å². The number of nitrogens with one attached hydrogen (secondary N) is 1. The molecule has 8 N–H and O–H groups in total. The predicted molar refractivity (Wildman–Crippen MR) is 120 cm³/mol. The summed E-state index contributed by atoms with van der Waals surface area (Å²) in [7, 11) is 0. The van der Waals surface area contributed by atoms with Gasteiger partial charge >= 0.3 is 5.97 Å². The Bertz CT molecular complexity index is 1240. The highest BCUT2D eigenvalue weighted by molar-refractivity contribution is 5.87. The Morgan fingerprint density at radius 3 is 2.46 bits per heavy atom. The number of aliphatic hydroxyl groups is 7. The predicted octanol–water partition coefficient (Wildman–Crippen LogP) is -2.08. The molecule has 12 nitrogen and oxygen atoms in total. The van der Waals surface area contributed by atoms with Gasteiger partial charge in [-0.25, -0.2) is 4.79 Å². The number of carbonyl (C=O) groups excluding carboxylic acids is 1. The fourth-order valence-electron chi connectivity index (χ4n) is 9.97. The van der Waals surface area contributed by atoms with Crippen LogP contribution in [0.15, 0.2) is 18.3 Å². The van der Waals surface area contributed by atoms with Gasteiger partial charge in [0, 0.05) is 24.5 Å². The number of aromatic nitrogens is 1. The summed E-state index contributed by atoms with van der Waals surface area (Å²) < 4.78 is 17.7. The Labute approximate surface area is 211 Å². The summed E-state index contributed by atoms with van der Waals surface area (Å²) in [6, 6.07) is 3.00. The zero-order chi connectivity index (χ0) is 27.0. The number of ether oxygens (including phenoxy) is 3. The van der Waals surface area contributed by atoms with E-state index < -0.39 is 93.5 Å². The van der Waals surface area contributed by atoms with Crippen molar-refractivity contribution in [2.75, 3.05) is 6.61 Å². The highest BCUT2D eigenvalue weighted by Gasteiger charge is 3.11.